The normalized spacial score (nSPS) is 19.1. The fourth-order valence-electron chi connectivity index (χ4n) is 3.04. The zero-order valence-corrected chi connectivity index (χ0v) is 19.5. The van der Waals surface area contributed by atoms with Gasteiger partial charge in [0.05, 0.1) is 16.8 Å². The van der Waals surface area contributed by atoms with E-state index in [1.807, 2.05) is 0 Å². The van der Waals surface area contributed by atoms with Crippen molar-refractivity contribution in [3.05, 3.63) is 23.6 Å². The monoisotopic (exact) mass is 505 g/mol. The number of carboxylic acids is 3. The Labute approximate surface area is 201 Å². The summed E-state index contributed by atoms with van der Waals surface area (Å²) in [5, 5.41) is 33.4. The number of anilines is 1. The zero-order valence-electron chi connectivity index (χ0n) is 18.7. The molecule has 0 aliphatic carbocycles. The number of piperidine rings is 1. The number of halogens is 1. The van der Waals surface area contributed by atoms with Crippen molar-refractivity contribution in [1.29, 1.82) is 0 Å². The van der Waals surface area contributed by atoms with Crippen molar-refractivity contribution >= 4 is 35.2 Å². The molecule has 6 N–H and O–H groups in total. The number of benzene rings is 1. The molecule has 1 aromatic rings. The number of carboxylic acid groups (broad SMARTS) is 3. The molecule has 0 spiro atoms. The molecule has 2 atom stereocenters. The van der Waals surface area contributed by atoms with Crippen LogP contribution in [0.3, 0.4) is 0 Å². The van der Waals surface area contributed by atoms with Gasteiger partial charge in [0, 0.05) is 26.8 Å². The van der Waals surface area contributed by atoms with Crippen LogP contribution in [0.5, 0.6) is 11.5 Å². The van der Waals surface area contributed by atoms with Crippen LogP contribution in [0.15, 0.2) is 6.07 Å². The molecule has 13 heteroatoms. The summed E-state index contributed by atoms with van der Waals surface area (Å²) < 4.78 is 15.4. The Balaban J connectivity index is 0.000000279. The van der Waals surface area contributed by atoms with E-state index in [2.05, 4.69) is 11.8 Å². The molecule has 191 valence electrons. The van der Waals surface area contributed by atoms with E-state index >= 15 is 0 Å². The maximum atomic E-state index is 10.9. The van der Waals surface area contributed by atoms with E-state index in [1.54, 1.807) is 7.11 Å². The Morgan fingerprint density at radius 1 is 1.21 bits per heavy atom. The van der Waals surface area contributed by atoms with Gasteiger partial charge in [0.15, 0.2) is 11.5 Å². The van der Waals surface area contributed by atoms with Crippen molar-refractivity contribution < 1.29 is 49.0 Å². The van der Waals surface area contributed by atoms with Crippen LogP contribution < -0.4 is 15.2 Å². The maximum Gasteiger partial charge on any atom is 0.414 e. The standard InChI is InChI=1S/C10H20NO2.C9H8ClNO4.C2H2O4/c1-9-4-6-11(8-10(9)12)5-3-7-13-2;10-5-3-4(9(12)13)7-8(6(5)11)15-2-1-14-7;3-1(4)2(5)6/h9-10,12H,1,3-8H2,2H3;3H,1-2,11H2,(H,12,13);(H,3,4)(H,5,6). The molecule has 1 aromatic carbocycles. The Kier molecular flexibility index (Phi) is 12.4. The second-order valence-electron chi connectivity index (χ2n) is 7.35. The molecular formula is C21H30ClN2O10. The zero-order chi connectivity index (χ0) is 25.8. The summed E-state index contributed by atoms with van der Waals surface area (Å²) in [6.07, 6.45) is 1.82. The summed E-state index contributed by atoms with van der Waals surface area (Å²) >= 11 is 5.77. The van der Waals surface area contributed by atoms with Crippen LogP contribution in [0.2, 0.25) is 5.02 Å². The van der Waals surface area contributed by atoms with Crippen molar-refractivity contribution in [2.24, 2.45) is 5.92 Å². The van der Waals surface area contributed by atoms with E-state index in [1.165, 1.54) is 6.07 Å². The number of β-amino-alcohol motifs (C(OH)–C–C–N with tert-alkyl or cyclic N) is 1. The van der Waals surface area contributed by atoms with Gasteiger partial charge in [-0.25, -0.2) is 14.4 Å². The Morgan fingerprint density at radius 2 is 1.79 bits per heavy atom. The number of carbonyl (C=O) groups is 3. The Morgan fingerprint density at radius 3 is 2.29 bits per heavy atom. The molecule has 2 aliphatic heterocycles. The number of ether oxygens (including phenoxy) is 3. The molecule has 2 heterocycles. The average Bonchev–Trinajstić information content (AvgIpc) is 2.79. The summed E-state index contributed by atoms with van der Waals surface area (Å²) in [6, 6.07) is 1.26. The highest BCUT2D eigenvalue weighted by Gasteiger charge is 2.25. The first-order chi connectivity index (χ1) is 16.0. The molecule has 3 rings (SSSR count). The lowest BCUT2D eigenvalue weighted by molar-refractivity contribution is -0.159. The topological polar surface area (TPSA) is 189 Å². The molecule has 0 bridgehead atoms. The van der Waals surface area contributed by atoms with Crippen molar-refractivity contribution in [3.8, 4) is 11.5 Å². The third-order valence-electron chi connectivity index (χ3n) is 4.84. The van der Waals surface area contributed by atoms with Gasteiger partial charge < -0.3 is 45.3 Å². The number of nitrogen functional groups attached to an aromatic ring is 1. The molecule has 34 heavy (non-hydrogen) atoms. The molecule has 0 aromatic heterocycles. The van der Waals surface area contributed by atoms with E-state index in [9.17, 15) is 9.90 Å². The molecular weight excluding hydrogens is 476 g/mol. The first-order valence-electron chi connectivity index (χ1n) is 10.3. The number of aliphatic carboxylic acids is 2. The summed E-state index contributed by atoms with van der Waals surface area (Å²) in [5.74, 6) is -4.19. The lowest BCUT2D eigenvalue weighted by Gasteiger charge is -2.34. The average molecular weight is 506 g/mol. The number of nitrogens with two attached hydrogens (primary N) is 1. The number of methoxy groups -OCH3 is 1. The Hall–Kier alpha value is -2.80. The SMILES string of the molecule is Nc1c(Cl)cc(C(=O)O)c2c1OCCO2.O=C(O)C(=O)O.[CH2]C1CCN(CCCOC)CC1O. The molecule has 2 unspecified atom stereocenters. The minimum absolute atomic E-state index is 0.0381. The van der Waals surface area contributed by atoms with Crippen molar-refractivity contribution in [2.45, 2.75) is 18.9 Å². The van der Waals surface area contributed by atoms with Gasteiger partial charge in [-0.1, -0.05) is 11.6 Å². The van der Waals surface area contributed by atoms with Crippen molar-refractivity contribution in [1.82, 2.24) is 4.90 Å². The predicted molar refractivity (Wildman–Crippen MR) is 121 cm³/mol. The summed E-state index contributed by atoms with van der Waals surface area (Å²) in [5.41, 5.74) is 5.81. The van der Waals surface area contributed by atoms with E-state index in [4.69, 9.17) is 56.5 Å². The van der Waals surface area contributed by atoms with Crippen LogP contribution in [0, 0.1) is 12.8 Å². The van der Waals surface area contributed by atoms with Crippen molar-refractivity contribution in [2.75, 3.05) is 52.3 Å². The van der Waals surface area contributed by atoms with Gasteiger partial charge in [-0.2, -0.15) is 0 Å². The lowest BCUT2D eigenvalue weighted by atomic mass is 9.96. The first-order valence-corrected chi connectivity index (χ1v) is 10.7. The smallest absolute Gasteiger partial charge is 0.414 e. The number of aliphatic hydroxyl groups is 1. The second-order valence-corrected chi connectivity index (χ2v) is 7.76. The van der Waals surface area contributed by atoms with E-state index < -0.39 is 17.9 Å². The van der Waals surface area contributed by atoms with Crippen LogP contribution in [-0.4, -0.2) is 95.9 Å². The van der Waals surface area contributed by atoms with Crippen LogP contribution in [0.25, 0.3) is 0 Å². The van der Waals surface area contributed by atoms with Crippen molar-refractivity contribution in [3.63, 3.8) is 0 Å². The maximum absolute atomic E-state index is 10.9. The number of hydrogen-bond acceptors (Lipinski definition) is 9. The molecule has 2 aliphatic rings. The van der Waals surface area contributed by atoms with E-state index in [0.29, 0.717) is 13.2 Å². The highest BCUT2D eigenvalue weighted by Crippen LogP contribution is 2.43. The molecule has 1 fully saturated rings. The first kappa shape index (κ1) is 29.2. The fraction of sp³-hybridized carbons (Fsp3) is 0.524. The van der Waals surface area contributed by atoms with Crippen LogP contribution >= 0.6 is 11.6 Å². The van der Waals surface area contributed by atoms with Crippen LogP contribution in [0.1, 0.15) is 23.2 Å². The highest BCUT2D eigenvalue weighted by atomic mass is 35.5. The molecule has 1 saturated heterocycles. The quantitative estimate of drug-likeness (QED) is 0.218. The van der Waals surface area contributed by atoms with E-state index in [-0.39, 0.29) is 39.8 Å². The summed E-state index contributed by atoms with van der Waals surface area (Å²) in [4.78, 5) is 31.4. The second kappa shape index (κ2) is 14.5. The number of fused-ring (bicyclic) bond motifs is 1. The van der Waals surface area contributed by atoms with Crippen LogP contribution in [-0.2, 0) is 14.3 Å². The number of aromatic carboxylic acids is 1. The Bertz CT molecular complexity index is 839. The minimum Gasteiger partial charge on any atom is -0.485 e. The van der Waals surface area contributed by atoms with Gasteiger partial charge in [-0.05, 0) is 38.3 Å². The number of nitrogens with zero attached hydrogens (tertiary/aromatic N) is 1. The van der Waals surface area contributed by atoms with Gasteiger partial charge in [0.1, 0.15) is 18.8 Å². The fourth-order valence-corrected chi connectivity index (χ4v) is 3.23. The van der Waals surface area contributed by atoms with E-state index in [0.717, 1.165) is 39.1 Å². The number of likely N-dealkylation sites (tertiary alicyclic amines) is 1. The minimum atomic E-state index is -1.82. The van der Waals surface area contributed by atoms with Gasteiger partial charge in [-0.15, -0.1) is 0 Å². The number of rotatable bonds is 5. The third kappa shape index (κ3) is 9.21. The van der Waals surface area contributed by atoms with Gasteiger partial charge >= 0.3 is 17.9 Å². The van der Waals surface area contributed by atoms with Gasteiger partial charge in [0.25, 0.3) is 0 Å². The van der Waals surface area contributed by atoms with Crippen LogP contribution in [0.4, 0.5) is 5.69 Å². The highest BCUT2D eigenvalue weighted by molar-refractivity contribution is 6.34. The number of aliphatic hydroxyl groups excluding tert-OH is 1. The predicted octanol–water partition coefficient (Wildman–Crippen LogP) is 1.09. The molecule has 0 amide bonds. The molecule has 1 radical (unpaired) electrons. The molecule has 12 nitrogen and oxygen atoms in total. The summed E-state index contributed by atoms with van der Waals surface area (Å²) in [6.45, 7) is 8.21. The van der Waals surface area contributed by atoms with Gasteiger partial charge in [-0.3, -0.25) is 0 Å². The largest absolute Gasteiger partial charge is 0.485 e. The molecule has 0 saturated carbocycles. The third-order valence-corrected chi connectivity index (χ3v) is 5.15. The summed E-state index contributed by atoms with van der Waals surface area (Å²) in [7, 11) is 1.72. The van der Waals surface area contributed by atoms with Gasteiger partial charge in [0.2, 0.25) is 0 Å². The number of hydrogen-bond donors (Lipinski definition) is 5. The lowest BCUT2D eigenvalue weighted by Crippen LogP contribution is -2.43.